The van der Waals surface area contributed by atoms with Gasteiger partial charge in [-0.2, -0.15) is 0 Å². The van der Waals surface area contributed by atoms with Gasteiger partial charge in [0.05, 0.1) is 11.2 Å². The largest absolute Gasteiger partial charge is 0.457 e. The summed E-state index contributed by atoms with van der Waals surface area (Å²) in [5.41, 5.74) is 1.18. The van der Waals surface area contributed by atoms with Gasteiger partial charge in [0.25, 0.3) is 0 Å². The van der Waals surface area contributed by atoms with Crippen molar-refractivity contribution in [3.8, 4) is 0 Å². The Bertz CT molecular complexity index is 445. The molecule has 0 fully saturated rings. The Morgan fingerprint density at radius 3 is 2.88 bits per heavy atom. The van der Waals surface area contributed by atoms with Crippen LogP contribution in [-0.2, 0) is 4.74 Å². The van der Waals surface area contributed by atoms with Crippen LogP contribution in [0, 0.1) is 0 Å². The number of ether oxygens (including phenoxy) is 1. The molecule has 0 atom stereocenters. The predicted octanol–water partition coefficient (Wildman–Crippen LogP) is 2.97. The van der Waals surface area contributed by atoms with Crippen molar-refractivity contribution >= 4 is 29.3 Å². The number of carbonyl (C=O) groups excluding carboxylic acids is 1. The van der Waals surface area contributed by atoms with Gasteiger partial charge in [-0.05, 0) is 26.2 Å². The van der Waals surface area contributed by atoms with Gasteiger partial charge in [0.15, 0.2) is 10.9 Å². The molecule has 1 aromatic heterocycles. The number of hydrogen-bond acceptors (Lipinski definition) is 5. The highest BCUT2D eigenvalue weighted by Crippen LogP contribution is 2.17. The van der Waals surface area contributed by atoms with Gasteiger partial charge < -0.3 is 4.74 Å². The van der Waals surface area contributed by atoms with E-state index in [1.165, 1.54) is 18.0 Å². The Labute approximate surface area is 109 Å². The molecule has 0 saturated carbocycles. The number of aromatic nitrogens is 2. The van der Waals surface area contributed by atoms with Gasteiger partial charge in [-0.15, -0.1) is 0 Å². The molecule has 0 aliphatic carbocycles. The lowest BCUT2D eigenvalue weighted by molar-refractivity contribution is 0.0541. The van der Waals surface area contributed by atoms with Crippen molar-refractivity contribution < 1.29 is 9.53 Å². The second-order valence-electron chi connectivity index (χ2n) is 3.43. The first-order valence-corrected chi connectivity index (χ1v) is 6.52. The molecule has 0 bridgehead atoms. The number of thioether (sulfide) groups is 1. The lowest BCUT2D eigenvalue weighted by atomic mass is 10.3. The molecule has 1 aromatic rings. The fourth-order valence-corrected chi connectivity index (χ4v) is 1.45. The highest BCUT2D eigenvalue weighted by atomic mass is 35.5. The number of rotatable bonds is 4. The summed E-state index contributed by atoms with van der Waals surface area (Å²) in [7, 11) is 0. The van der Waals surface area contributed by atoms with Crippen LogP contribution in [0.3, 0.4) is 0 Å². The Morgan fingerprint density at radius 1 is 1.59 bits per heavy atom. The number of esters is 1. The first-order chi connectivity index (χ1) is 8.04. The lowest BCUT2D eigenvalue weighted by Gasteiger charge is -2.04. The standard InChI is InChI=1S/C11H13ClN2O2S/c1-7(2)4-5-16-10(15)9-8(12)6-13-11(14-9)17-3/h4,6H,5H2,1-3H3. The minimum Gasteiger partial charge on any atom is -0.457 e. The summed E-state index contributed by atoms with van der Waals surface area (Å²) in [4.78, 5) is 19.6. The molecule has 17 heavy (non-hydrogen) atoms. The maximum Gasteiger partial charge on any atom is 0.358 e. The number of nitrogens with zero attached hydrogens (tertiary/aromatic N) is 2. The topological polar surface area (TPSA) is 52.1 Å². The van der Waals surface area contributed by atoms with Crippen LogP contribution >= 0.6 is 23.4 Å². The average Bonchev–Trinajstić information content (AvgIpc) is 2.29. The fraction of sp³-hybridized carbons (Fsp3) is 0.364. The van der Waals surface area contributed by atoms with E-state index in [0.29, 0.717) is 5.16 Å². The lowest BCUT2D eigenvalue weighted by Crippen LogP contribution is -2.09. The highest BCUT2D eigenvalue weighted by molar-refractivity contribution is 7.98. The maximum absolute atomic E-state index is 11.7. The molecule has 0 radical (unpaired) electrons. The molecule has 6 heteroatoms. The molecule has 1 heterocycles. The molecule has 0 N–H and O–H groups in total. The van der Waals surface area contributed by atoms with E-state index in [2.05, 4.69) is 9.97 Å². The van der Waals surface area contributed by atoms with Crippen LogP contribution in [0.5, 0.6) is 0 Å². The van der Waals surface area contributed by atoms with Crippen molar-refractivity contribution in [2.45, 2.75) is 19.0 Å². The Balaban J connectivity index is 2.77. The van der Waals surface area contributed by atoms with E-state index < -0.39 is 5.97 Å². The number of carbonyl (C=O) groups is 1. The molecule has 0 saturated heterocycles. The third kappa shape index (κ3) is 4.36. The van der Waals surface area contributed by atoms with Crippen LogP contribution < -0.4 is 0 Å². The molecular formula is C11H13ClN2O2S. The molecule has 92 valence electrons. The van der Waals surface area contributed by atoms with Gasteiger partial charge in [-0.1, -0.05) is 28.9 Å². The van der Waals surface area contributed by atoms with Crippen molar-refractivity contribution in [2.24, 2.45) is 0 Å². The minimum absolute atomic E-state index is 0.105. The van der Waals surface area contributed by atoms with Crippen molar-refractivity contribution in [1.29, 1.82) is 0 Å². The zero-order chi connectivity index (χ0) is 12.8. The third-order valence-corrected chi connectivity index (χ3v) is 2.64. The molecule has 1 rings (SSSR count). The van der Waals surface area contributed by atoms with E-state index in [9.17, 15) is 4.79 Å². The molecule has 0 aliphatic heterocycles. The number of hydrogen-bond donors (Lipinski definition) is 0. The third-order valence-electron chi connectivity index (χ3n) is 1.80. The molecule has 0 aromatic carbocycles. The molecule has 0 aliphatic rings. The van der Waals surface area contributed by atoms with Crippen molar-refractivity contribution in [2.75, 3.05) is 12.9 Å². The minimum atomic E-state index is -0.537. The zero-order valence-corrected chi connectivity index (χ0v) is 11.4. The summed E-state index contributed by atoms with van der Waals surface area (Å²) < 4.78 is 5.02. The second kappa shape index (κ2) is 6.61. The van der Waals surface area contributed by atoms with Gasteiger partial charge in [0.2, 0.25) is 0 Å². The number of allylic oxidation sites excluding steroid dienone is 1. The van der Waals surface area contributed by atoms with Gasteiger partial charge in [-0.3, -0.25) is 0 Å². The zero-order valence-electron chi connectivity index (χ0n) is 9.86. The molecule has 0 spiro atoms. The van der Waals surface area contributed by atoms with Gasteiger partial charge in [0.1, 0.15) is 6.61 Å². The van der Waals surface area contributed by atoms with E-state index in [0.717, 1.165) is 5.57 Å². The Hall–Kier alpha value is -1.07. The fourth-order valence-electron chi connectivity index (χ4n) is 0.945. The molecule has 0 unspecified atom stereocenters. The predicted molar refractivity (Wildman–Crippen MR) is 68.5 cm³/mol. The smallest absolute Gasteiger partial charge is 0.358 e. The van der Waals surface area contributed by atoms with E-state index in [1.807, 2.05) is 26.2 Å². The van der Waals surface area contributed by atoms with Crippen LogP contribution in [0.4, 0.5) is 0 Å². The van der Waals surface area contributed by atoms with Crippen LogP contribution in [0.25, 0.3) is 0 Å². The monoisotopic (exact) mass is 272 g/mol. The van der Waals surface area contributed by atoms with E-state index in [1.54, 1.807) is 0 Å². The maximum atomic E-state index is 11.7. The molecular weight excluding hydrogens is 260 g/mol. The average molecular weight is 273 g/mol. The van der Waals surface area contributed by atoms with Crippen LogP contribution in [0.2, 0.25) is 5.02 Å². The molecule has 4 nitrogen and oxygen atoms in total. The first-order valence-electron chi connectivity index (χ1n) is 4.91. The van der Waals surface area contributed by atoms with Crippen LogP contribution in [0.15, 0.2) is 23.0 Å². The van der Waals surface area contributed by atoms with Crippen molar-refractivity contribution in [3.63, 3.8) is 0 Å². The normalized spacial score (nSPS) is 9.88. The van der Waals surface area contributed by atoms with Crippen LogP contribution in [0.1, 0.15) is 24.3 Å². The summed E-state index contributed by atoms with van der Waals surface area (Å²) in [6.45, 7) is 4.07. The molecule has 0 amide bonds. The Kier molecular flexibility index (Phi) is 5.44. The summed E-state index contributed by atoms with van der Waals surface area (Å²) >= 11 is 7.18. The quantitative estimate of drug-likeness (QED) is 0.365. The highest BCUT2D eigenvalue weighted by Gasteiger charge is 2.14. The van der Waals surface area contributed by atoms with E-state index in [4.69, 9.17) is 16.3 Å². The van der Waals surface area contributed by atoms with Crippen molar-refractivity contribution in [1.82, 2.24) is 9.97 Å². The summed E-state index contributed by atoms with van der Waals surface area (Å²) in [6.07, 6.45) is 5.03. The second-order valence-corrected chi connectivity index (χ2v) is 4.61. The van der Waals surface area contributed by atoms with Gasteiger partial charge in [0, 0.05) is 0 Å². The number of halogens is 1. The van der Waals surface area contributed by atoms with Crippen molar-refractivity contribution in [3.05, 3.63) is 28.6 Å². The SMILES string of the molecule is CSc1ncc(Cl)c(C(=O)OCC=C(C)C)n1. The Morgan fingerprint density at radius 2 is 2.29 bits per heavy atom. The summed E-state index contributed by atoms with van der Waals surface area (Å²) in [5.74, 6) is -0.537. The van der Waals surface area contributed by atoms with Gasteiger partial charge >= 0.3 is 5.97 Å². The van der Waals surface area contributed by atoms with E-state index in [-0.39, 0.29) is 17.3 Å². The van der Waals surface area contributed by atoms with Crippen LogP contribution in [-0.4, -0.2) is 28.8 Å². The van der Waals surface area contributed by atoms with E-state index >= 15 is 0 Å². The summed E-state index contributed by atoms with van der Waals surface area (Å²) in [5, 5.41) is 0.688. The summed E-state index contributed by atoms with van der Waals surface area (Å²) in [6, 6.07) is 0. The van der Waals surface area contributed by atoms with Gasteiger partial charge in [-0.25, -0.2) is 14.8 Å². The first kappa shape index (κ1) is 14.0.